The van der Waals surface area contributed by atoms with Crippen LogP contribution in [0.25, 0.3) is 28.3 Å². The highest BCUT2D eigenvalue weighted by molar-refractivity contribution is 5.92. The number of nitrogen functional groups attached to an aromatic ring is 1. The lowest BCUT2D eigenvalue weighted by Gasteiger charge is -2.37. The molecule has 0 radical (unpaired) electrons. The molecule has 1 atom stereocenters. The van der Waals surface area contributed by atoms with Crippen molar-refractivity contribution in [3.63, 3.8) is 0 Å². The predicted molar refractivity (Wildman–Crippen MR) is 159 cm³/mol. The number of nitrogens with two attached hydrogens (primary N) is 1. The maximum absolute atomic E-state index is 13.8. The molecule has 1 aliphatic heterocycles. The van der Waals surface area contributed by atoms with E-state index in [1.807, 2.05) is 36.1 Å². The van der Waals surface area contributed by atoms with Crippen LogP contribution in [-0.2, 0) is 14.3 Å². The van der Waals surface area contributed by atoms with E-state index in [1.165, 1.54) is 4.52 Å². The standard InChI is InChI=1S/C29H35N9O5/c1-3-23(37-27-22(19-31-37)26-32-25(24-5-4-14-43-24)34-38(26)29(30)33-27)28(39)36-12-10-35(11-13-36)20-6-8-21(9-7-20)42-18-17-41-16-15-40-2/h4-9,14,19,23H,3,10-13,15-18H2,1-2H3,(H2,30,33). The number of nitrogens with zero attached hydrogens (tertiary/aromatic N) is 8. The van der Waals surface area contributed by atoms with Gasteiger partial charge in [-0.25, -0.2) is 9.67 Å². The number of amides is 1. The summed E-state index contributed by atoms with van der Waals surface area (Å²) in [5.41, 5.74) is 8.35. The number of piperazine rings is 1. The van der Waals surface area contributed by atoms with E-state index < -0.39 is 6.04 Å². The number of aromatic nitrogens is 6. The number of anilines is 2. The molecule has 0 bridgehead atoms. The molecule has 0 aliphatic carbocycles. The summed E-state index contributed by atoms with van der Waals surface area (Å²) in [7, 11) is 1.65. The Labute approximate surface area is 247 Å². The van der Waals surface area contributed by atoms with Gasteiger partial charge in [0.25, 0.3) is 0 Å². The SMILES string of the molecule is CCC(C(=O)N1CCN(c2ccc(OCCOCCOC)cc2)CC1)n1ncc2c1nc(N)n1nc(-c3ccco3)nc21. The van der Waals surface area contributed by atoms with Crippen molar-refractivity contribution in [2.75, 3.05) is 70.3 Å². The van der Waals surface area contributed by atoms with Crippen LogP contribution < -0.4 is 15.4 Å². The lowest BCUT2D eigenvalue weighted by atomic mass is 10.1. The Bertz CT molecular complexity index is 1660. The summed E-state index contributed by atoms with van der Waals surface area (Å²) in [5, 5.41) is 9.66. The van der Waals surface area contributed by atoms with E-state index >= 15 is 0 Å². The summed E-state index contributed by atoms with van der Waals surface area (Å²) in [6, 6.07) is 11.0. The van der Waals surface area contributed by atoms with E-state index in [9.17, 15) is 4.79 Å². The Morgan fingerprint density at radius 1 is 1.02 bits per heavy atom. The zero-order valence-corrected chi connectivity index (χ0v) is 24.3. The fraction of sp³-hybridized carbons (Fsp3) is 0.414. The lowest BCUT2D eigenvalue weighted by Crippen LogP contribution is -2.50. The van der Waals surface area contributed by atoms with Crippen molar-refractivity contribution in [2.45, 2.75) is 19.4 Å². The number of hydrogen-bond donors (Lipinski definition) is 1. The Morgan fingerprint density at radius 2 is 1.81 bits per heavy atom. The van der Waals surface area contributed by atoms with Gasteiger partial charge in [0.2, 0.25) is 17.7 Å². The minimum Gasteiger partial charge on any atom is -0.491 e. The molecule has 43 heavy (non-hydrogen) atoms. The van der Waals surface area contributed by atoms with Crippen molar-refractivity contribution in [3.8, 4) is 17.3 Å². The first kappa shape index (κ1) is 28.4. The molecule has 1 aliphatic rings. The van der Waals surface area contributed by atoms with Gasteiger partial charge in [-0.3, -0.25) is 4.79 Å². The molecular formula is C29H35N9O5. The van der Waals surface area contributed by atoms with E-state index in [0.29, 0.717) is 74.2 Å². The van der Waals surface area contributed by atoms with Crippen molar-refractivity contribution in [1.82, 2.24) is 34.3 Å². The van der Waals surface area contributed by atoms with Crippen LogP contribution in [0.2, 0.25) is 0 Å². The highest BCUT2D eigenvalue weighted by Gasteiger charge is 2.30. The monoisotopic (exact) mass is 589 g/mol. The van der Waals surface area contributed by atoms with Crippen LogP contribution in [0.3, 0.4) is 0 Å². The van der Waals surface area contributed by atoms with Crippen molar-refractivity contribution >= 4 is 34.2 Å². The molecule has 5 heterocycles. The Kier molecular flexibility index (Phi) is 8.38. The number of hydrogen-bond acceptors (Lipinski definition) is 11. The molecule has 1 amide bonds. The number of carbonyl (C=O) groups is 1. The Morgan fingerprint density at radius 3 is 2.53 bits per heavy atom. The summed E-state index contributed by atoms with van der Waals surface area (Å²) in [6.07, 6.45) is 3.77. The fourth-order valence-electron chi connectivity index (χ4n) is 5.23. The average Bonchev–Trinajstić information content (AvgIpc) is 3.81. The molecular weight excluding hydrogens is 554 g/mol. The van der Waals surface area contributed by atoms with Gasteiger partial charge < -0.3 is 34.2 Å². The predicted octanol–water partition coefficient (Wildman–Crippen LogP) is 2.66. The molecule has 1 saturated heterocycles. The van der Waals surface area contributed by atoms with Gasteiger partial charge in [-0.05, 0) is 42.8 Å². The number of ether oxygens (including phenoxy) is 3. The molecule has 14 heteroatoms. The zero-order valence-electron chi connectivity index (χ0n) is 24.3. The number of benzene rings is 1. The molecule has 5 aromatic rings. The van der Waals surface area contributed by atoms with Crippen LogP contribution in [0.4, 0.5) is 11.6 Å². The summed E-state index contributed by atoms with van der Waals surface area (Å²) in [5.74, 6) is 1.86. The first-order valence-electron chi connectivity index (χ1n) is 14.3. The first-order valence-corrected chi connectivity index (χ1v) is 14.3. The second kappa shape index (κ2) is 12.7. The molecule has 1 aromatic carbocycles. The molecule has 4 aromatic heterocycles. The zero-order chi connectivity index (χ0) is 29.8. The average molecular weight is 590 g/mol. The summed E-state index contributed by atoms with van der Waals surface area (Å²) >= 11 is 0. The van der Waals surface area contributed by atoms with E-state index in [-0.39, 0.29) is 11.9 Å². The van der Waals surface area contributed by atoms with Crippen molar-refractivity contribution in [2.24, 2.45) is 0 Å². The second-order valence-corrected chi connectivity index (χ2v) is 10.1. The van der Waals surface area contributed by atoms with Gasteiger partial charge in [-0.15, -0.1) is 5.10 Å². The number of rotatable bonds is 12. The van der Waals surface area contributed by atoms with Gasteiger partial charge in [0.1, 0.15) is 18.4 Å². The summed E-state index contributed by atoms with van der Waals surface area (Å²) in [6.45, 7) is 6.71. The fourth-order valence-corrected chi connectivity index (χ4v) is 5.23. The highest BCUT2D eigenvalue weighted by Crippen LogP contribution is 2.27. The van der Waals surface area contributed by atoms with E-state index in [0.717, 1.165) is 24.5 Å². The molecule has 0 saturated carbocycles. The van der Waals surface area contributed by atoms with Crippen LogP contribution in [-0.4, -0.2) is 99.9 Å². The number of furan rings is 1. The van der Waals surface area contributed by atoms with E-state index in [1.54, 1.807) is 36.4 Å². The van der Waals surface area contributed by atoms with Crippen molar-refractivity contribution in [3.05, 3.63) is 48.9 Å². The Balaban J connectivity index is 1.10. The van der Waals surface area contributed by atoms with E-state index in [2.05, 4.69) is 25.1 Å². The van der Waals surface area contributed by atoms with Crippen LogP contribution in [0.15, 0.2) is 53.3 Å². The number of carbonyl (C=O) groups excluding carboxylic acids is 1. The minimum atomic E-state index is -0.527. The third-order valence-electron chi connectivity index (χ3n) is 7.48. The highest BCUT2D eigenvalue weighted by atomic mass is 16.5. The first-order chi connectivity index (χ1) is 21.1. The maximum Gasteiger partial charge on any atom is 0.247 e. The quantitative estimate of drug-likeness (QED) is 0.214. The van der Waals surface area contributed by atoms with Gasteiger partial charge in [0.15, 0.2) is 17.1 Å². The van der Waals surface area contributed by atoms with Gasteiger partial charge >= 0.3 is 0 Å². The van der Waals surface area contributed by atoms with Crippen molar-refractivity contribution < 1.29 is 23.4 Å². The molecule has 1 fully saturated rings. The van der Waals surface area contributed by atoms with Crippen molar-refractivity contribution in [1.29, 1.82) is 0 Å². The molecule has 14 nitrogen and oxygen atoms in total. The third kappa shape index (κ3) is 5.83. The summed E-state index contributed by atoms with van der Waals surface area (Å²) in [4.78, 5) is 27.1. The summed E-state index contributed by atoms with van der Waals surface area (Å²) < 4.78 is 24.7. The normalized spacial score (nSPS) is 14.6. The second-order valence-electron chi connectivity index (χ2n) is 10.1. The smallest absolute Gasteiger partial charge is 0.247 e. The molecule has 0 spiro atoms. The third-order valence-corrected chi connectivity index (χ3v) is 7.48. The van der Waals surface area contributed by atoms with Crippen LogP contribution in [0.5, 0.6) is 5.75 Å². The van der Waals surface area contributed by atoms with E-state index in [4.69, 9.17) is 24.4 Å². The van der Waals surface area contributed by atoms with Gasteiger partial charge in [-0.1, -0.05) is 6.92 Å². The maximum atomic E-state index is 13.8. The molecule has 6 rings (SSSR count). The van der Waals surface area contributed by atoms with Crippen LogP contribution in [0, 0.1) is 0 Å². The molecule has 2 N–H and O–H groups in total. The van der Waals surface area contributed by atoms with Gasteiger partial charge in [0.05, 0.1) is 37.7 Å². The largest absolute Gasteiger partial charge is 0.491 e. The van der Waals surface area contributed by atoms with Crippen LogP contribution in [0.1, 0.15) is 19.4 Å². The van der Waals surface area contributed by atoms with Gasteiger partial charge in [-0.2, -0.15) is 14.6 Å². The van der Waals surface area contributed by atoms with Gasteiger partial charge in [0, 0.05) is 39.0 Å². The Hall–Kier alpha value is -4.69. The molecule has 1 unspecified atom stereocenters. The number of methoxy groups -OCH3 is 1. The molecule has 226 valence electrons. The van der Waals surface area contributed by atoms with Crippen LogP contribution >= 0.6 is 0 Å². The minimum absolute atomic E-state index is 0.00148. The number of fused-ring (bicyclic) bond motifs is 3. The lowest BCUT2D eigenvalue weighted by molar-refractivity contribution is -0.135. The topological polar surface area (TPSA) is 151 Å².